The molecule has 0 fully saturated rings. The van der Waals surface area contributed by atoms with Crippen LogP contribution in [0.25, 0.3) is 0 Å². The van der Waals surface area contributed by atoms with Gasteiger partial charge in [-0.25, -0.2) is 0 Å². The summed E-state index contributed by atoms with van der Waals surface area (Å²) in [6.45, 7) is -0.119. The summed E-state index contributed by atoms with van der Waals surface area (Å²) in [6, 6.07) is 7.14. The van der Waals surface area contributed by atoms with Crippen molar-refractivity contribution >= 4 is 11.8 Å². The molecule has 0 N–H and O–H groups in total. The van der Waals surface area contributed by atoms with Crippen LogP contribution in [0.3, 0.4) is 0 Å². The first-order chi connectivity index (χ1) is 7.01. The molecule has 0 radical (unpaired) electrons. The summed E-state index contributed by atoms with van der Waals surface area (Å²) in [5, 5.41) is 8.21. The molecule has 1 aromatic carbocycles. The Hall–Kier alpha value is -1.35. The standard InChI is InChI=1S/C9H6F3NOS/c10-9(11,12)15-8-3-1-7(2-4-8)14-6-5-13/h1-4H,6H2. The normalized spacial score (nSPS) is 10.8. The molecular formula is C9H6F3NOS. The summed E-state index contributed by atoms with van der Waals surface area (Å²) in [5.74, 6) is 0.378. The number of nitrogens with zero attached hydrogens (tertiary/aromatic N) is 1. The van der Waals surface area contributed by atoms with Crippen LogP contribution in [0.1, 0.15) is 0 Å². The number of benzene rings is 1. The average Bonchev–Trinajstić information content (AvgIpc) is 2.14. The summed E-state index contributed by atoms with van der Waals surface area (Å²) in [5.41, 5.74) is -4.28. The maximum Gasteiger partial charge on any atom is 0.446 e. The van der Waals surface area contributed by atoms with Crippen molar-refractivity contribution < 1.29 is 17.9 Å². The topological polar surface area (TPSA) is 33.0 Å². The second kappa shape index (κ2) is 4.94. The highest BCUT2D eigenvalue weighted by Gasteiger charge is 2.28. The Labute approximate surface area is 88.7 Å². The van der Waals surface area contributed by atoms with Gasteiger partial charge in [-0.3, -0.25) is 0 Å². The summed E-state index contributed by atoms with van der Waals surface area (Å²) < 4.78 is 40.7. The molecule has 0 atom stereocenters. The molecule has 0 spiro atoms. The Morgan fingerprint density at radius 3 is 2.33 bits per heavy atom. The third-order valence-corrected chi connectivity index (χ3v) is 2.10. The largest absolute Gasteiger partial charge is 0.479 e. The van der Waals surface area contributed by atoms with Gasteiger partial charge in [0, 0.05) is 4.90 Å². The smallest absolute Gasteiger partial charge is 0.446 e. The molecular weight excluding hydrogens is 227 g/mol. The summed E-state index contributed by atoms with van der Waals surface area (Å²) in [4.78, 5) is 0.0896. The molecule has 0 aliphatic heterocycles. The zero-order valence-corrected chi connectivity index (χ0v) is 8.23. The van der Waals surface area contributed by atoms with Crippen molar-refractivity contribution in [2.45, 2.75) is 10.4 Å². The van der Waals surface area contributed by atoms with Crippen LogP contribution >= 0.6 is 11.8 Å². The Morgan fingerprint density at radius 1 is 1.27 bits per heavy atom. The first kappa shape index (κ1) is 11.7. The van der Waals surface area contributed by atoms with E-state index in [4.69, 9.17) is 10.00 Å². The van der Waals surface area contributed by atoms with Crippen molar-refractivity contribution in [1.82, 2.24) is 0 Å². The average molecular weight is 233 g/mol. The van der Waals surface area contributed by atoms with Gasteiger partial charge >= 0.3 is 5.51 Å². The lowest BCUT2D eigenvalue weighted by atomic mass is 10.3. The fraction of sp³-hybridized carbons (Fsp3) is 0.222. The van der Waals surface area contributed by atoms with E-state index in [2.05, 4.69) is 0 Å². The van der Waals surface area contributed by atoms with Gasteiger partial charge in [-0.1, -0.05) is 0 Å². The van der Waals surface area contributed by atoms with Crippen LogP contribution in [0.4, 0.5) is 13.2 Å². The predicted molar refractivity (Wildman–Crippen MR) is 49.5 cm³/mol. The Morgan fingerprint density at radius 2 is 1.87 bits per heavy atom. The highest BCUT2D eigenvalue weighted by molar-refractivity contribution is 8.00. The van der Waals surface area contributed by atoms with Crippen molar-refractivity contribution in [3.63, 3.8) is 0 Å². The van der Waals surface area contributed by atoms with Gasteiger partial charge in [0.15, 0.2) is 6.61 Å². The zero-order valence-electron chi connectivity index (χ0n) is 7.41. The maximum atomic E-state index is 11.9. The lowest BCUT2D eigenvalue weighted by molar-refractivity contribution is -0.0328. The van der Waals surface area contributed by atoms with Gasteiger partial charge in [-0.15, -0.1) is 0 Å². The quantitative estimate of drug-likeness (QED) is 0.751. The van der Waals surface area contributed by atoms with Crippen molar-refractivity contribution in [1.29, 1.82) is 5.26 Å². The molecule has 0 unspecified atom stereocenters. The molecule has 0 amide bonds. The number of nitriles is 1. The maximum absolute atomic E-state index is 11.9. The van der Waals surface area contributed by atoms with E-state index in [9.17, 15) is 13.2 Å². The molecule has 0 saturated heterocycles. The minimum atomic E-state index is -4.28. The number of halogens is 3. The highest BCUT2D eigenvalue weighted by atomic mass is 32.2. The molecule has 0 aromatic heterocycles. The number of hydrogen-bond acceptors (Lipinski definition) is 3. The Kier molecular flexibility index (Phi) is 3.86. The molecule has 2 nitrogen and oxygen atoms in total. The third kappa shape index (κ3) is 4.61. The number of ether oxygens (including phenoxy) is 1. The minimum Gasteiger partial charge on any atom is -0.479 e. The highest BCUT2D eigenvalue weighted by Crippen LogP contribution is 2.37. The van der Waals surface area contributed by atoms with E-state index in [0.29, 0.717) is 5.75 Å². The van der Waals surface area contributed by atoms with E-state index in [1.165, 1.54) is 24.3 Å². The Bertz CT molecular complexity index is 355. The molecule has 15 heavy (non-hydrogen) atoms. The van der Waals surface area contributed by atoms with Crippen LogP contribution in [0, 0.1) is 11.3 Å². The van der Waals surface area contributed by atoms with E-state index < -0.39 is 5.51 Å². The first-order valence-corrected chi connectivity index (χ1v) is 4.68. The fourth-order valence-electron chi connectivity index (χ4n) is 0.853. The second-order valence-electron chi connectivity index (χ2n) is 2.47. The molecule has 6 heteroatoms. The van der Waals surface area contributed by atoms with Crippen LogP contribution in [0.15, 0.2) is 29.2 Å². The van der Waals surface area contributed by atoms with Crippen molar-refractivity contribution in [2.75, 3.05) is 6.61 Å². The van der Waals surface area contributed by atoms with E-state index in [0.717, 1.165) is 0 Å². The number of alkyl halides is 3. The van der Waals surface area contributed by atoms with Crippen molar-refractivity contribution in [2.24, 2.45) is 0 Å². The van der Waals surface area contributed by atoms with Gasteiger partial charge in [0.25, 0.3) is 0 Å². The monoisotopic (exact) mass is 233 g/mol. The van der Waals surface area contributed by atoms with Crippen LogP contribution < -0.4 is 4.74 Å². The van der Waals surface area contributed by atoms with Gasteiger partial charge in [-0.2, -0.15) is 18.4 Å². The summed E-state index contributed by atoms with van der Waals surface area (Å²) in [7, 11) is 0. The van der Waals surface area contributed by atoms with Crippen molar-refractivity contribution in [3.05, 3.63) is 24.3 Å². The van der Waals surface area contributed by atoms with Crippen LogP contribution in [0.5, 0.6) is 5.75 Å². The molecule has 0 bridgehead atoms. The zero-order chi connectivity index (χ0) is 11.3. The SMILES string of the molecule is N#CCOc1ccc(SC(F)(F)F)cc1. The van der Waals surface area contributed by atoms with Gasteiger partial charge < -0.3 is 4.74 Å². The lowest BCUT2D eigenvalue weighted by Crippen LogP contribution is -1.99. The summed E-state index contributed by atoms with van der Waals surface area (Å²) in [6.07, 6.45) is 0. The molecule has 1 rings (SSSR count). The van der Waals surface area contributed by atoms with Gasteiger partial charge in [-0.05, 0) is 36.0 Å². The van der Waals surface area contributed by atoms with E-state index in [-0.39, 0.29) is 23.3 Å². The number of hydrogen-bond donors (Lipinski definition) is 0. The van der Waals surface area contributed by atoms with E-state index in [1.807, 2.05) is 0 Å². The molecule has 0 heterocycles. The van der Waals surface area contributed by atoms with Crippen LogP contribution in [0.2, 0.25) is 0 Å². The van der Waals surface area contributed by atoms with Crippen molar-refractivity contribution in [3.8, 4) is 11.8 Å². The van der Waals surface area contributed by atoms with E-state index >= 15 is 0 Å². The first-order valence-electron chi connectivity index (χ1n) is 3.87. The number of thioether (sulfide) groups is 1. The molecule has 0 aliphatic rings. The van der Waals surface area contributed by atoms with Crippen LogP contribution in [-0.2, 0) is 0 Å². The third-order valence-electron chi connectivity index (χ3n) is 1.36. The fourth-order valence-corrected chi connectivity index (χ4v) is 1.39. The minimum absolute atomic E-state index is 0.0896. The predicted octanol–water partition coefficient (Wildman–Crippen LogP) is 3.20. The molecule has 1 aromatic rings. The van der Waals surface area contributed by atoms with Gasteiger partial charge in [0.05, 0.1) is 0 Å². The van der Waals surface area contributed by atoms with E-state index in [1.54, 1.807) is 6.07 Å². The van der Waals surface area contributed by atoms with Gasteiger partial charge in [0.1, 0.15) is 11.8 Å². The molecule has 80 valence electrons. The Balaban J connectivity index is 2.61. The molecule has 0 aliphatic carbocycles. The molecule has 0 saturated carbocycles. The van der Waals surface area contributed by atoms with Crippen LogP contribution in [-0.4, -0.2) is 12.1 Å². The number of rotatable bonds is 3. The lowest BCUT2D eigenvalue weighted by Gasteiger charge is -2.06. The summed E-state index contributed by atoms with van der Waals surface area (Å²) >= 11 is -0.187. The van der Waals surface area contributed by atoms with Gasteiger partial charge in [0.2, 0.25) is 0 Å². The second-order valence-corrected chi connectivity index (χ2v) is 3.60.